The highest BCUT2D eigenvalue weighted by molar-refractivity contribution is 14.2. The minimum atomic E-state index is -0.557. The van der Waals surface area contributed by atoms with Crippen LogP contribution in [0.5, 0.6) is 0 Å². The predicted molar refractivity (Wildman–Crippen MR) is 52.1 cm³/mol. The summed E-state index contributed by atoms with van der Waals surface area (Å²) in [4.78, 5) is -0.518. The van der Waals surface area contributed by atoms with Gasteiger partial charge in [0.25, 0.3) is 0 Å². The SMILES string of the molecule is ClC(Cl)C(Cl)(I)I. The van der Waals surface area contributed by atoms with Gasteiger partial charge in [-0.25, -0.2) is 0 Å². The van der Waals surface area contributed by atoms with Crippen LogP contribution in [0, 0.1) is 0 Å². The van der Waals surface area contributed by atoms with Gasteiger partial charge in [-0.1, -0.05) is 11.6 Å². The van der Waals surface area contributed by atoms with Crippen molar-refractivity contribution in [3.8, 4) is 0 Å². The average molecular weight is 385 g/mol. The molecule has 0 saturated heterocycles. The lowest BCUT2D eigenvalue weighted by Crippen LogP contribution is -2.09. The maximum atomic E-state index is 5.58. The van der Waals surface area contributed by atoms with E-state index in [-0.39, 0.29) is 0 Å². The first kappa shape index (κ1) is 9.33. The van der Waals surface area contributed by atoms with Crippen molar-refractivity contribution in [1.82, 2.24) is 0 Å². The Balaban J connectivity index is 3.54. The van der Waals surface area contributed by atoms with Crippen LogP contribution >= 0.6 is 80.0 Å². The molecule has 0 aliphatic carbocycles. The fourth-order valence-electron chi connectivity index (χ4n) is 0. The van der Waals surface area contributed by atoms with Gasteiger partial charge in [-0.2, -0.15) is 0 Å². The van der Waals surface area contributed by atoms with Crippen LogP contribution in [-0.4, -0.2) is 5.72 Å². The molecule has 0 spiro atoms. The fraction of sp³-hybridized carbons (Fsp3) is 1.00. The van der Waals surface area contributed by atoms with Crippen LogP contribution in [0.1, 0.15) is 0 Å². The lowest BCUT2D eigenvalue weighted by molar-refractivity contribution is 1.32. The largest absolute Gasteiger partial charge is 0.176 e. The number of halogens is 5. The molecule has 0 bridgehead atoms. The molecular weight excluding hydrogens is 384 g/mol. The maximum Gasteiger partial charge on any atom is 0.176 e. The Hall–Kier alpha value is 2.33. The number of rotatable bonds is 1. The topological polar surface area (TPSA) is 0 Å². The lowest BCUT2D eigenvalue weighted by Gasteiger charge is -2.10. The van der Waals surface area contributed by atoms with Gasteiger partial charge in [-0.3, -0.25) is 0 Å². The quantitative estimate of drug-likeness (QED) is 0.479. The monoisotopic (exact) mass is 384 g/mol. The van der Waals surface area contributed by atoms with Gasteiger partial charge in [-0.15, -0.1) is 23.2 Å². The second-order valence-corrected chi connectivity index (χ2v) is 9.28. The van der Waals surface area contributed by atoms with Crippen LogP contribution in [0.25, 0.3) is 0 Å². The van der Waals surface area contributed by atoms with Crippen molar-refractivity contribution in [3.63, 3.8) is 0 Å². The summed E-state index contributed by atoms with van der Waals surface area (Å²) in [5.74, 6) is 0. The summed E-state index contributed by atoms with van der Waals surface area (Å²) in [6.07, 6.45) is 0. The molecule has 44 valence electrons. The normalized spacial score (nSPS) is 12.9. The summed E-state index contributed by atoms with van der Waals surface area (Å²) in [5.41, 5.74) is 0. The van der Waals surface area contributed by atoms with E-state index >= 15 is 0 Å². The standard InChI is InChI=1S/C2HCl3I2/c3-1(4)2(5,6)7/h1H. The molecule has 0 unspecified atom stereocenters. The molecule has 0 atom stereocenters. The van der Waals surface area contributed by atoms with Crippen molar-refractivity contribution >= 4 is 80.0 Å². The molecule has 0 radical (unpaired) electrons. The molecule has 0 rings (SSSR count). The molecule has 0 aliphatic heterocycles. The summed E-state index contributed by atoms with van der Waals surface area (Å²) in [6, 6.07) is 0. The zero-order valence-electron chi connectivity index (χ0n) is 2.97. The van der Waals surface area contributed by atoms with Gasteiger partial charge in [0, 0.05) is 0 Å². The highest BCUT2D eigenvalue weighted by atomic mass is 127. The Kier molecular flexibility index (Phi) is 4.65. The molecule has 0 N–H and O–H groups in total. The molecule has 0 fully saturated rings. The van der Waals surface area contributed by atoms with E-state index in [1.165, 1.54) is 0 Å². The van der Waals surface area contributed by atoms with E-state index in [1.807, 2.05) is 45.2 Å². The third-order valence-corrected chi connectivity index (χ3v) is 4.06. The van der Waals surface area contributed by atoms with E-state index in [9.17, 15) is 0 Å². The molecule has 0 nitrogen and oxygen atoms in total. The average Bonchev–Trinajstić information content (AvgIpc) is 1.31. The van der Waals surface area contributed by atoms with Gasteiger partial charge >= 0.3 is 0 Å². The molecule has 0 aromatic heterocycles. The van der Waals surface area contributed by atoms with Gasteiger partial charge in [0.15, 0.2) is 0.888 Å². The summed E-state index contributed by atoms with van der Waals surface area (Å²) in [6.45, 7) is 0. The Morgan fingerprint density at radius 3 is 1.43 bits per heavy atom. The van der Waals surface area contributed by atoms with Crippen molar-refractivity contribution in [1.29, 1.82) is 0 Å². The highest BCUT2D eigenvalue weighted by Crippen LogP contribution is 2.40. The summed E-state index contributed by atoms with van der Waals surface area (Å²) < 4.78 is -0.557. The number of hydrogen-bond acceptors (Lipinski definition) is 0. The van der Waals surface area contributed by atoms with Crippen molar-refractivity contribution in [2.45, 2.75) is 5.72 Å². The van der Waals surface area contributed by atoms with E-state index in [4.69, 9.17) is 34.8 Å². The number of hydrogen-bond donors (Lipinski definition) is 0. The summed E-state index contributed by atoms with van der Waals surface area (Å²) in [7, 11) is 0. The molecular formula is C2HCl3I2. The number of alkyl halides is 5. The van der Waals surface area contributed by atoms with Gasteiger partial charge in [-0.05, 0) is 45.2 Å². The smallest absolute Gasteiger partial charge is 0.102 e. The Labute approximate surface area is 84.5 Å². The zero-order chi connectivity index (χ0) is 6.08. The lowest BCUT2D eigenvalue weighted by atomic mass is 10.9. The van der Waals surface area contributed by atoms with Gasteiger partial charge in [0.2, 0.25) is 0 Å². The van der Waals surface area contributed by atoms with Crippen LogP contribution in [0.2, 0.25) is 0 Å². The molecule has 0 aliphatic rings. The van der Waals surface area contributed by atoms with Crippen molar-refractivity contribution in [2.75, 3.05) is 0 Å². The first-order valence-corrected chi connectivity index (χ1v) is 4.70. The van der Waals surface area contributed by atoms with Crippen molar-refractivity contribution < 1.29 is 0 Å². The third kappa shape index (κ3) is 4.81. The van der Waals surface area contributed by atoms with Crippen LogP contribution in [0.4, 0.5) is 0 Å². The van der Waals surface area contributed by atoms with Crippen molar-refractivity contribution in [3.05, 3.63) is 0 Å². The first-order valence-electron chi connectivity index (χ1n) is 1.29. The third-order valence-electron chi connectivity index (χ3n) is 0.247. The Morgan fingerprint density at radius 2 is 1.43 bits per heavy atom. The van der Waals surface area contributed by atoms with E-state index < -0.39 is 5.72 Å². The van der Waals surface area contributed by atoms with E-state index in [2.05, 4.69) is 0 Å². The minimum Gasteiger partial charge on any atom is -0.102 e. The van der Waals surface area contributed by atoms with E-state index in [0.717, 1.165) is 0 Å². The molecule has 0 heterocycles. The Morgan fingerprint density at radius 1 is 1.29 bits per heavy atom. The van der Waals surface area contributed by atoms with Crippen LogP contribution in [-0.2, 0) is 0 Å². The van der Waals surface area contributed by atoms with Crippen LogP contribution in [0.15, 0.2) is 0 Å². The molecule has 7 heavy (non-hydrogen) atoms. The van der Waals surface area contributed by atoms with E-state index in [0.29, 0.717) is 0 Å². The molecule has 0 amide bonds. The zero-order valence-corrected chi connectivity index (χ0v) is 9.55. The maximum absolute atomic E-state index is 5.58. The van der Waals surface area contributed by atoms with E-state index in [1.54, 1.807) is 0 Å². The molecule has 0 aromatic rings. The molecule has 0 saturated carbocycles. The van der Waals surface area contributed by atoms with Gasteiger partial charge in [0.1, 0.15) is 4.84 Å². The minimum absolute atomic E-state index is 0.518. The van der Waals surface area contributed by atoms with Crippen LogP contribution in [0.3, 0.4) is 0 Å². The summed E-state index contributed by atoms with van der Waals surface area (Å²) >= 11 is 20.2. The molecule has 0 aromatic carbocycles. The highest BCUT2D eigenvalue weighted by Gasteiger charge is 2.26. The van der Waals surface area contributed by atoms with Crippen LogP contribution < -0.4 is 0 Å². The van der Waals surface area contributed by atoms with Gasteiger partial charge in [0.05, 0.1) is 0 Å². The summed E-state index contributed by atoms with van der Waals surface area (Å²) in [5, 5.41) is 0. The first-order chi connectivity index (χ1) is 2.94. The second kappa shape index (κ2) is 3.49. The fourth-order valence-corrected chi connectivity index (χ4v) is 0. The second-order valence-electron chi connectivity index (χ2n) is 0.842. The van der Waals surface area contributed by atoms with Crippen molar-refractivity contribution in [2.24, 2.45) is 0 Å². The van der Waals surface area contributed by atoms with Gasteiger partial charge < -0.3 is 0 Å². The predicted octanol–water partition coefficient (Wildman–Crippen LogP) is 3.55. The Bertz CT molecular complexity index is 56.4. The molecule has 5 heteroatoms.